The van der Waals surface area contributed by atoms with Crippen LogP contribution in [0.5, 0.6) is 0 Å². The number of rotatable bonds is 1. The van der Waals surface area contributed by atoms with Crippen LogP contribution < -0.4 is 5.48 Å². The number of carbonyl (C=O) groups is 1. The van der Waals surface area contributed by atoms with Gasteiger partial charge in [0.1, 0.15) is 5.82 Å². The molecule has 5 heteroatoms. The first kappa shape index (κ1) is 15.3. The molecule has 1 aromatic heterocycles. The third-order valence-electron chi connectivity index (χ3n) is 3.56. The number of aromatic nitrogens is 1. The number of halogens is 1. The fraction of sp³-hybridized carbons (Fsp3) is 0.312. The Morgan fingerprint density at radius 2 is 2.10 bits per heavy atom. The van der Waals surface area contributed by atoms with Crippen molar-refractivity contribution in [1.29, 1.82) is 0 Å². The Balaban J connectivity index is 0.000000774. The summed E-state index contributed by atoms with van der Waals surface area (Å²) in [6, 6.07) is 4.75. The van der Waals surface area contributed by atoms with E-state index in [9.17, 15) is 9.18 Å². The van der Waals surface area contributed by atoms with Crippen LogP contribution in [0.2, 0.25) is 0 Å². The molecule has 1 aliphatic heterocycles. The number of benzene rings is 1. The van der Waals surface area contributed by atoms with Gasteiger partial charge in [0.05, 0.1) is 5.69 Å². The molecule has 0 bridgehead atoms. The Morgan fingerprint density at radius 1 is 1.38 bits per heavy atom. The third kappa shape index (κ3) is 2.56. The maximum absolute atomic E-state index is 14.3. The minimum absolute atomic E-state index is 0.136. The molecule has 112 valence electrons. The van der Waals surface area contributed by atoms with Gasteiger partial charge in [-0.1, -0.05) is 13.8 Å². The van der Waals surface area contributed by atoms with Crippen molar-refractivity contribution < 1.29 is 14.4 Å². The molecular weight excluding hydrogens is 271 g/mol. The van der Waals surface area contributed by atoms with Crippen LogP contribution in [-0.4, -0.2) is 15.7 Å². The summed E-state index contributed by atoms with van der Waals surface area (Å²) in [7, 11) is 0. The molecule has 2 aromatic rings. The van der Waals surface area contributed by atoms with Gasteiger partial charge < -0.3 is 4.57 Å². The van der Waals surface area contributed by atoms with Crippen molar-refractivity contribution in [2.75, 3.05) is 0 Å². The number of hydrogen-bond acceptors (Lipinski definition) is 2. The lowest BCUT2D eigenvalue weighted by molar-refractivity contribution is 0.0706. The molecule has 1 amide bonds. The summed E-state index contributed by atoms with van der Waals surface area (Å²) in [5.74, 6) is -1.13. The topological polar surface area (TPSA) is 54.3 Å². The second-order valence-electron chi connectivity index (χ2n) is 4.72. The summed E-state index contributed by atoms with van der Waals surface area (Å²) in [5, 5.41) is 8.63. The SMILES string of the molecule is CC.Cc1ccn2c1-c1c(F)cc(C(=O)NO)cc1CC2. The van der Waals surface area contributed by atoms with Gasteiger partial charge >= 0.3 is 0 Å². The number of fused-ring (bicyclic) bond motifs is 3. The zero-order chi connectivity index (χ0) is 15.6. The molecule has 0 spiro atoms. The molecule has 1 aromatic carbocycles. The molecule has 1 aliphatic rings. The van der Waals surface area contributed by atoms with Gasteiger partial charge in [-0.25, -0.2) is 9.87 Å². The van der Waals surface area contributed by atoms with E-state index in [4.69, 9.17) is 5.21 Å². The van der Waals surface area contributed by atoms with Crippen LogP contribution >= 0.6 is 0 Å². The third-order valence-corrected chi connectivity index (χ3v) is 3.56. The van der Waals surface area contributed by atoms with Gasteiger partial charge in [-0.2, -0.15) is 0 Å². The summed E-state index contributed by atoms with van der Waals surface area (Å²) in [4.78, 5) is 11.4. The van der Waals surface area contributed by atoms with Gasteiger partial charge in [0.25, 0.3) is 5.91 Å². The number of nitrogens with one attached hydrogen (secondary N) is 1. The lowest BCUT2D eigenvalue weighted by atomic mass is 9.94. The van der Waals surface area contributed by atoms with Crippen LogP contribution in [0, 0.1) is 12.7 Å². The van der Waals surface area contributed by atoms with Gasteiger partial charge in [0.2, 0.25) is 0 Å². The van der Waals surface area contributed by atoms with Crippen molar-refractivity contribution in [3.8, 4) is 11.3 Å². The molecule has 0 saturated heterocycles. The van der Waals surface area contributed by atoms with Crippen LogP contribution in [-0.2, 0) is 13.0 Å². The minimum atomic E-state index is -0.695. The molecule has 0 fully saturated rings. The molecular formula is C16H19FN2O2. The van der Waals surface area contributed by atoms with E-state index < -0.39 is 11.7 Å². The Bertz CT molecular complexity index is 677. The normalized spacial score (nSPS) is 11.9. The van der Waals surface area contributed by atoms with Gasteiger partial charge in [-0.3, -0.25) is 10.0 Å². The Morgan fingerprint density at radius 3 is 2.76 bits per heavy atom. The molecule has 0 aliphatic carbocycles. The Kier molecular flexibility index (Phi) is 4.43. The number of hydrogen-bond donors (Lipinski definition) is 2. The predicted octanol–water partition coefficient (Wildman–Crippen LogP) is 3.30. The molecule has 0 atom stereocenters. The molecule has 21 heavy (non-hydrogen) atoms. The number of hydroxylamine groups is 1. The molecule has 4 nitrogen and oxygen atoms in total. The fourth-order valence-corrected chi connectivity index (χ4v) is 2.67. The molecule has 2 heterocycles. The van der Waals surface area contributed by atoms with E-state index in [-0.39, 0.29) is 5.56 Å². The van der Waals surface area contributed by atoms with Gasteiger partial charge in [-0.05, 0) is 42.7 Å². The summed E-state index contributed by atoms with van der Waals surface area (Å²) >= 11 is 0. The maximum atomic E-state index is 14.3. The summed E-state index contributed by atoms with van der Waals surface area (Å²) in [6.45, 7) is 6.70. The van der Waals surface area contributed by atoms with Gasteiger partial charge in [-0.15, -0.1) is 0 Å². The lowest BCUT2D eigenvalue weighted by Gasteiger charge is -2.21. The molecule has 2 N–H and O–H groups in total. The smallest absolute Gasteiger partial charge is 0.274 e. The van der Waals surface area contributed by atoms with Crippen molar-refractivity contribution in [2.45, 2.75) is 33.7 Å². The lowest BCUT2D eigenvalue weighted by Crippen LogP contribution is -2.20. The molecule has 0 unspecified atom stereocenters. The van der Waals surface area contributed by atoms with Crippen LogP contribution in [0.25, 0.3) is 11.3 Å². The Labute approximate surface area is 123 Å². The first-order valence-electron chi connectivity index (χ1n) is 7.05. The summed E-state index contributed by atoms with van der Waals surface area (Å²) in [5.41, 5.74) is 4.91. The Hall–Kier alpha value is -2.14. The van der Waals surface area contributed by atoms with Crippen molar-refractivity contribution in [2.24, 2.45) is 0 Å². The van der Waals surface area contributed by atoms with E-state index in [2.05, 4.69) is 0 Å². The number of nitrogens with zero attached hydrogens (tertiary/aromatic N) is 1. The predicted molar refractivity (Wildman–Crippen MR) is 78.9 cm³/mol. The van der Waals surface area contributed by atoms with Crippen molar-refractivity contribution >= 4 is 5.91 Å². The van der Waals surface area contributed by atoms with Crippen LogP contribution in [0.1, 0.15) is 35.3 Å². The zero-order valence-corrected chi connectivity index (χ0v) is 12.4. The second kappa shape index (κ2) is 6.10. The van der Waals surface area contributed by atoms with Crippen molar-refractivity contribution in [1.82, 2.24) is 10.0 Å². The quantitative estimate of drug-likeness (QED) is 0.625. The van der Waals surface area contributed by atoms with E-state index in [0.717, 1.165) is 29.4 Å². The molecule has 3 rings (SSSR count). The van der Waals surface area contributed by atoms with E-state index >= 15 is 0 Å². The summed E-state index contributed by atoms with van der Waals surface area (Å²) in [6.07, 6.45) is 2.61. The van der Waals surface area contributed by atoms with Crippen LogP contribution in [0.15, 0.2) is 24.4 Å². The zero-order valence-electron chi connectivity index (χ0n) is 12.4. The monoisotopic (exact) mass is 290 g/mol. The van der Waals surface area contributed by atoms with Crippen LogP contribution in [0.4, 0.5) is 4.39 Å². The maximum Gasteiger partial charge on any atom is 0.274 e. The first-order chi connectivity index (χ1) is 10.1. The minimum Gasteiger partial charge on any atom is -0.347 e. The summed E-state index contributed by atoms with van der Waals surface area (Å²) < 4.78 is 16.3. The largest absolute Gasteiger partial charge is 0.347 e. The second-order valence-corrected chi connectivity index (χ2v) is 4.72. The number of carbonyl (C=O) groups excluding carboxylic acids is 1. The van der Waals surface area contributed by atoms with Crippen LogP contribution in [0.3, 0.4) is 0 Å². The highest BCUT2D eigenvalue weighted by atomic mass is 19.1. The average Bonchev–Trinajstić information content (AvgIpc) is 2.89. The van der Waals surface area contributed by atoms with Crippen molar-refractivity contribution in [3.63, 3.8) is 0 Å². The van der Waals surface area contributed by atoms with E-state index in [0.29, 0.717) is 12.0 Å². The molecule has 0 saturated carbocycles. The molecule has 0 radical (unpaired) electrons. The first-order valence-corrected chi connectivity index (χ1v) is 7.05. The average molecular weight is 290 g/mol. The number of aryl methyl sites for hydroxylation is 3. The standard InChI is InChI=1S/C14H13FN2O2.C2H6/c1-8-2-4-17-5-3-9-6-10(14(18)16-19)7-11(15)12(9)13(8)17;1-2/h2,4,6-7,19H,3,5H2,1H3,(H,16,18);1-2H3. The van der Waals surface area contributed by atoms with Gasteiger partial charge in [0, 0.05) is 23.9 Å². The van der Waals surface area contributed by atoms with E-state index in [1.807, 2.05) is 37.6 Å². The van der Waals surface area contributed by atoms with Gasteiger partial charge in [0.15, 0.2) is 0 Å². The fourth-order valence-electron chi connectivity index (χ4n) is 2.67. The van der Waals surface area contributed by atoms with Crippen molar-refractivity contribution in [3.05, 3.63) is 46.9 Å². The van der Waals surface area contributed by atoms with E-state index in [1.165, 1.54) is 5.48 Å². The van der Waals surface area contributed by atoms with E-state index in [1.54, 1.807) is 6.07 Å². The highest BCUT2D eigenvalue weighted by molar-refractivity contribution is 5.94. The number of amides is 1. The highest BCUT2D eigenvalue weighted by Gasteiger charge is 2.23. The highest BCUT2D eigenvalue weighted by Crippen LogP contribution is 2.35.